The molecule has 17 heavy (non-hydrogen) atoms. The SMILES string of the molecule is O=Cc1ccc(Sc2nccc(=O)[nH]2)c(F)c1. The van der Waals surface area contributed by atoms with Crippen LogP contribution in [0.25, 0.3) is 0 Å². The number of benzene rings is 1. The second kappa shape index (κ2) is 4.92. The summed E-state index contributed by atoms with van der Waals surface area (Å²) in [4.78, 5) is 28.1. The van der Waals surface area contributed by atoms with Gasteiger partial charge in [0.25, 0.3) is 5.56 Å². The molecular weight excluding hydrogens is 243 g/mol. The fraction of sp³-hybridized carbons (Fsp3) is 0. The van der Waals surface area contributed by atoms with Crippen LogP contribution in [0.1, 0.15) is 10.4 Å². The number of hydrogen-bond acceptors (Lipinski definition) is 4. The zero-order valence-corrected chi connectivity index (χ0v) is 9.33. The van der Waals surface area contributed by atoms with E-state index in [1.54, 1.807) is 0 Å². The maximum Gasteiger partial charge on any atom is 0.251 e. The van der Waals surface area contributed by atoms with Gasteiger partial charge in [0.2, 0.25) is 0 Å². The van der Waals surface area contributed by atoms with Gasteiger partial charge in [0, 0.05) is 17.8 Å². The van der Waals surface area contributed by atoms with Gasteiger partial charge in [-0.3, -0.25) is 9.59 Å². The smallest absolute Gasteiger partial charge is 0.251 e. The molecule has 0 saturated carbocycles. The quantitative estimate of drug-likeness (QED) is 0.667. The molecule has 0 atom stereocenters. The van der Waals surface area contributed by atoms with Gasteiger partial charge in [0.05, 0.1) is 4.90 Å². The first-order valence-corrected chi connectivity index (χ1v) is 5.48. The van der Waals surface area contributed by atoms with Crippen molar-refractivity contribution in [3.63, 3.8) is 0 Å². The van der Waals surface area contributed by atoms with Crippen molar-refractivity contribution in [1.29, 1.82) is 0 Å². The molecule has 1 aromatic carbocycles. The number of halogens is 1. The van der Waals surface area contributed by atoms with Crippen molar-refractivity contribution in [2.24, 2.45) is 0 Å². The minimum absolute atomic E-state index is 0.265. The molecular formula is C11H7FN2O2S. The largest absolute Gasteiger partial charge is 0.301 e. The van der Waals surface area contributed by atoms with Crippen LogP contribution in [0.5, 0.6) is 0 Å². The number of carbonyl (C=O) groups excluding carboxylic acids is 1. The third-order valence-corrected chi connectivity index (χ3v) is 2.90. The Hall–Kier alpha value is -1.95. The molecule has 0 amide bonds. The lowest BCUT2D eigenvalue weighted by Crippen LogP contribution is -2.05. The summed E-state index contributed by atoms with van der Waals surface area (Å²) < 4.78 is 13.5. The molecule has 0 aliphatic rings. The first kappa shape index (κ1) is 11.5. The Labute approximate surface area is 99.9 Å². The van der Waals surface area contributed by atoms with E-state index in [1.807, 2.05) is 0 Å². The Morgan fingerprint density at radius 1 is 1.35 bits per heavy atom. The molecule has 0 unspecified atom stereocenters. The van der Waals surface area contributed by atoms with Gasteiger partial charge in [-0.2, -0.15) is 0 Å². The van der Waals surface area contributed by atoms with Gasteiger partial charge in [-0.1, -0.05) is 6.07 Å². The summed E-state index contributed by atoms with van der Waals surface area (Å²) in [5.74, 6) is -0.522. The highest BCUT2D eigenvalue weighted by Crippen LogP contribution is 2.26. The molecule has 6 heteroatoms. The first-order valence-electron chi connectivity index (χ1n) is 4.67. The van der Waals surface area contributed by atoms with E-state index in [4.69, 9.17) is 0 Å². The molecule has 0 saturated heterocycles. The van der Waals surface area contributed by atoms with Crippen LogP contribution in [0.4, 0.5) is 4.39 Å². The van der Waals surface area contributed by atoms with Crippen molar-refractivity contribution in [2.75, 3.05) is 0 Å². The Morgan fingerprint density at radius 2 is 2.18 bits per heavy atom. The van der Waals surface area contributed by atoms with E-state index in [1.165, 1.54) is 24.4 Å². The molecule has 0 aliphatic carbocycles. The van der Waals surface area contributed by atoms with Crippen molar-refractivity contribution in [3.8, 4) is 0 Å². The number of rotatable bonds is 3. The first-order chi connectivity index (χ1) is 8.19. The minimum Gasteiger partial charge on any atom is -0.301 e. The lowest BCUT2D eigenvalue weighted by atomic mass is 10.2. The van der Waals surface area contributed by atoms with Gasteiger partial charge in [-0.25, -0.2) is 9.37 Å². The molecule has 0 fully saturated rings. The van der Waals surface area contributed by atoms with E-state index >= 15 is 0 Å². The van der Waals surface area contributed by atoms with E-state index < -0.39 is 5.82 Å². The monoisotopic (exact) mass is 250 g/mol. The predicted octanol–water partition coefficient (Wildman–Crippen LogP) is 1.87. The van der Waals surface area contributed by atoms with Crippen molar-refractivity contribution in [3.05, 3.63) is 52.2 Å². The van der Waals surface area contributed by atoms with Gasteiger partial charge in [-0.05, 0) is 23.9 Å². The van der Waals surface area contributed by atoms with Gasteiger partial charge in [0.15, 0.2) is 5.16 Å². The average Bonchev–Trinajstić information content (AvgIpc) is 2.32. The summed E-state index contributed by atoms with van der Waals surface area (Å²) in [6.45, 7) is 0. The van der Waals surface area contributed by atoms with E-state index in [9.17, 15) is 14.0 Å². The minimum atomic E-state index is -0.522. The van der Waals surface area contributed by atoms with Crippen LogP contribution in [-0.2, 0) is 0 Å². The summed E-state index contributed by atoms with van der Waals surface area (Å²) in [6.07, 6.45) is 1.92. The third kappa shape index (κ3) is 2.79. The van der Waals surface area contributed by atoms with E-state index in [0.29, 0.717) is 16.3 Å². The van der Waals surface area contributed by atoms with Gasteiger partial charge in [-0.15, -0.1) is 0 Å². The van der Waals surface area contributed by atoms with Crippen molar-refractivity contribution in [2.45, 2.75) is 10.1 Å². The molecule has 1 aromatic heterocycles. The second-order valence-electron chi connectivity index (χ2n) is 3.15. The fourth-order valence-corrected chi connectivity index (χ4v) is 1.95. The molecule has 1 N–H and O–H groups in total. The van der Waals surface area contributed by atoms with Crippen LogP contribution in [0, 0.1) is 5.82 Å². The molecule has 0 radical (unpaired) electrons. The van der Waals surface area contributed by atoms with Crippen molar-refractivity contribution >= 4 is 18.0 Å². The summed E-state index contributed by atoms with van der Waals surface area (Å²) in [6, 6.07) is 5.38. The molecule has 4 nitrogen and oxygen atoms in total. The van der Waals surface area contributed by atoms with E-state index in [0.717, 1.165) is 17.8 Å². The second-order valence-corrected chi connectivity index (χ2v) is 4.18. The Bertz CT molecular complexity index is 612. The van der Waals surface area contributed by atoms with Crippen LogP contribution in [-0.4, -0.2) is 16.3 Å². The number of H-pyrrole nitrogens is 1. The molecule has 0 bridgehead atoms. The van der Waals surface area contributed by atoms with Crippen LogP contribution >= 0.6 is 11.8 Å². The molecule has 0 spiro atoms. The normalized spacial score (nSPS) is 10.2. The Kier molecular flexibility index (Phi) is 3.34. The summed E-state index contributed by atoms with van der Waals surface area (Å²) in [7, 11) is 0. The number of nitrogens with one attached hydrogen (secondary N) is 1. The Balaban J connectivity index is 2.30. The van der Waals surface area contributed by atoms with Crippen LogP contribution in [0.3, 0.4) is 0 Å². The van der Waals surface area contributed by atoms with Gasteiger partial charge < -0.3 is 4.98 Å². The van der Waals surface area contributed by atoms with Crippen molar-refractivity contribution < 1.29 is 9.18 Å². The lowest BCUT2D eigenvalue weighted by molar-refractivity contribution is 0.112. The van der Waals surface area contributed by atoms with Crippen molar-refractivity contribution in [1.82, 2.24) is 9.97 Å². The number of carbonyl (C=O) groups is 1. The van der Waals surface area contributed by atoms with E-state index in [-0.39, 0.29) is 11.1 Å². The lowest BCUT2D eigenvalue weighted by Gasteiger charge is -2.02. The van der Waals surface area contributed by atoms with Crippen LogP contribution in [0.2, 0.25) is 0 Å². The molecule has 2 rings (SSSR count). The number of aromatic nitrogens is 2. The van der Waals surface area contributed by atoms with Crippen LogP contribution < -0.4 is 5.56 Å². The highest BCUT2D eigenvalue weighted by atomic mass is 32.2. The fourth-order valence-electron chi connectivity index (χ4n) is 1.18. The van der Waals surface area contributed by atoms with Gasteiger partial charge in [0.1, 0.15) is 12.1 Å². The highest BCUT2D eigenvalue weighted by molar-refractivity contribution is 7.99. The molecule has 0 aliphatic heterocycles. The molecule has 86 valence electrons. The zero-order valence-electron chi connectivity index (χ0n) is 8.51. The Morgan fingerprint density at radius 3 is 2.82 bits per heavy atom. The number of aromatic amines is 1. The highest BCUT2D eigenvalue weighted by Gasteiger charge is 2.06. The van der Waals surface area contributed by atoms with Crippen LogP contribution in [0.15, 0.2) is 45.3 Å². The maximum absolute atomic E-state index is 13.5. The number of nitrogens with zero attached hydrogens (tertiary/aromatic N) is 1. The topological polar surface area (TPSA) is 62.8 Å². The van der Waals surface area contributed by atoms with E-state index in [2.05, 4.69) is 9.97 Å². The number of hydrogen-bond donors (Lipinski definition) is 1. The third-order valence-electron chi connectivity index (χ3n) is 1.95. The predicted molar refractivity (Wildman–Crippen MR) is 60.8 cm³/mol. The average molecular weight is 250 g/mol. The number of aldehydes is 1. The summed E-state index contributed by atoms with van der Waals surface area (Å²) in [5, 5.41) is 0.301. The molecule has 1 heterocycles. The maximum atomic E-state index is 13.5. The summed E-state index contributed by atoms with van der Waals surface area (Å²) in [5.41, 5.74) is -0.0335. The summed E-state index contributed by atoms with van der Waals surface area (Å²) >= 11 is 0.990. The van der Waals surface area contributed by atoms with Gasteiger partial charge >= 0.3 is 0 Å². The standard InChI is InChI=1S/C11H7FN2O2S/c12-8-5-7(6-15)1-2-9(8)17-11-13-4-3-10(16)14-11/h1-6H,(H,13,14,16). The zero-order chi connectivity index (χ0) is 12.3. The molecule has 2 aromatic rings.